The van der Waals surface area contributed by atoms with E-state index in [1.165, 1.54) is 5.56 Å². The van der Waals surface area contributed by atoms with Gasteiger partial charge in [-0.25, -0.2) is 9.97 Å². The molecule has 3 rings (SSSR count). The van der Waals surface area contributed by atoms with E-state index in [-0.39, 0.29) is 24.0 Å². The van der Waals surface area contributed by atoms with Crippen LogP contribution in [-0.2, 0) is 13.1 Å². The smallest absolute Gasteiger partial charge is 0.226 e. The average molecular weight is 521 g/mol. The van der Waals surface area contributed by atoms with Crippen LogP contribution < -0.4 is 15.4 Å². The average Bonchev–Trinajstić information content (AvgIpc) is 3.22. The fourth-order valence-corrected chi connectivity index (χ4v) is 2.61. The monoisotopic (exact) mass is 521 g/mol. The summed E-state index contributed by atoms with van der Waals surface area (Å²) < 4.78 is 11.1. The second-order valence-corrected chi connectivity index (χ2v) is 6.64. The van der Waals surface area contributed by atoms with Crippen LogP contribution in [0.4, 0.5) is 0 Å². The minimum absolute atomic E-state index is 0. The zero-order valence-electron chi connectivity index (χ0n) is 17.5. The molecule has 0 aliphatic heterocycles. The van der Waals surface area contributed by atoms with E-state index >= 15 is 0 Å². The largest absolute Gasteiger partial charge is 0.478 e. The lowest BCUT2D eigenvalue weighted by molar-refractivity contribution is 0.305. The van der Waals surface area contributed by atoms with Gasteiger partial charge in [0.2, 0.25) is 11.8 Å². The lowest BCUT2D eigenvalue weighted by Crippen LogP contribution is -2.36. The lowest BCUT2D eigenvalue weighted by Gasteiger charge is -2.11. The Bertz CT molecular complexity index is 923. The molecular formula is C22H28IN5O2. The minimum atomic E-state index is 0. The van der Waals surface area contributed by atoms with Gasteiger partial charge in [0.1, 0.15) is 6.26 Å². The molecule has 0 fully saturated rings. The van der Waals surface area contributed by atoms with Crippen molar-refractivity contribution in [3.8, 4) is 17.3 Å². The standard InChI is InChI=1S/C22H27N5O2.HI/c1-4-11-28-20-10-7-17(12-24-20)13-25-22(23-3)26-14-19-15-29-21(27-19)18-8-5-16(2)6-9-18;/h5-10,12,15H,4,11,13-14H2,1-3H3,(H2,23,25,26);1H. The van der Waals surface area contributed by atoms with Gasteiger partial charge in [0.15, 0.2) is 5.96 Å². The molecule has 2 N–H and O–H groups in total. The first-order chi connectivity index (χ1) is 14.2. The van der Waals surface area contributed by atoms with Gasteiger partial charge in [-0.2, -0.15) is 0 Å². The number of aliphatic imine (C=N–C) groups is 1. The van der Waals surface area contributed by atoms with Crippen LogP contribution in [0.2, 0.25) is 0 Å². The molecule has 8 heteroatoms. The molecule has 2 heterocycles. The maximum Gasteiger partial charge on any atom is 0.226 e. The summed E-state index contributed by atoms with van der Waals surface area (Å²) in [5, 5.41) is 6.50. The van der Waals surface area contributed by atoms with Crippen molar-refractivity contribution >= 4 is 29.9 Å². The van der Waals surface area contributed by atoms with Gasteiger partial charge < -0.3 is 19.8 Å². The number of hydrogen-bond acceptors (Lipinski definition) is 5. The fourth-order valence-electron chi connectivity index (χ4n) is 2.61. The van der Waals surface area contributed by atoms with Crippen LogP contribution in [0.5, 0.6) is 5.88 Å². The van der Waals surface area contributed by atoms with Gasteiger partial charge in [-0.05, 0) is 31.0 Å². The molecule has 2 aromatic heterocycles. The Morgan fingerprint density at radius 1 is 1.10 bits per heavy atom. The number of aryl methyl sites for hydroxylation is 1. The molecule has 0 radical (unpaired) electrons. The zero-order chi connectivity index (χ0) is 20.5. The minimum Gasteiger partial charge on any atom is -0.478 e. The van der Waals surface area contributed by atoms with Crippen molar-refractivity contribution in [1.29, 1.82) is 0 Å². The molecule has 0 saturated heterocycles. The molecule has 0 aliphatic rings. The van der Waals surface area contributed by atoms with Gasteiger partial charge in [-0.15, -0.1) is 24.0 Å². The van der Waals surface area contributed by atoms with Gasteiger partial charge in [-0.3, -0.25) is 4.99 Å². The molecule has 0 unspecified atom stereocenters. The van der Waals surface area contributed by atoms with E-state index in [2.05, 4.69) is 39.4 Å². The van der Waals surface area contributed by atoms with Crippen LogP contribution >= 0.6 is 24.0 Å². The molecule has 0 bridgehead atoms. The van der Waals surface area contributed by atoms with E-state index in [1.54, 1.807) is 19.5 Å². The molecule has 30 heavy (non-hydrogen) atoms. The van der Waals surface area contributed by atoms with Crippen LogP contribution in [0, 0.1) is 6.92 Å². The number of benzene rings is 1. The topological polar surface area (TPSA) is 84.6 Å². The maximum absolute atomic E-state index is 5.59. The number of rotatable bonds is 8. The van der Waals surface area contributed by atoms with Crippen molar-refractivity contribution < 1.29 is 9.15 Å². The molecule has 0 spiro atoms. The number of oxazole rings is 1. The Morgan fingerprint density at radius 3 is 2.53 bits per heavy atom. The number of hydrogen-bond donors (Lipinski definition) is 2. The van der Waals surface area contributed by atoms with Crippen molar-refractivity contribution in [3.05, 3.63) is 65.7 Å². The summed E-state index contributed by atoms with van der Waals surface area (Å²) in [5.74, 6) is 1.94. The Hall–Kier alpha value is -2.62. The van der Waals surface area contributed by atoms with E-state index in [9.17, 15) is 0 Å². The molecule has 1 aromatic carbocycles. The quantitative estimate of drug-likeness (QED) is 0.261. The first-order valence-corrected chi connectivity index (χ1v) is 9.71. The third-order valence-corrected chi connectivity index (χ3v) is 4.22. The summed E-state index contributed by atoms with van der Waals surface area (Å²) in [7, 11) is 1.73. The van der Waals surface area contributed by atoms with Crippen molar-refractivity contribution in [2.75, 3.05) is 13.7 Å². The normalized spacial score (nSPS) is 11.0. The Kier molecular flexibility index (Phi) is 9.59. The van der Waals surface area contributed by atoms with Crippen molar-refractivity contribution in [1.82, 2.24) is 20.6 Å². The lowest BCUT2D eigenvalue weighted by atomic mass is 10.1. The highest BCUT2D eigenvalue weighted by Crippen LogP contribution is 2.19. The Balaban J connectivity index is 0.00000320. The first-order valence-electron chi connectivity index (χ1n) is 9.71. The number of pyridine rings is 1. The number of ether oxygens (including phenoxy) is 1. The molecule has 0 saturated carbocycles. The summed E-state index contributed by atoms with van der Waals surface area (Å²) in [5.41, 5.74) is 4.01. The van der Waals surface area contributed by atoms with E-state index in [0.29, 0.717) is 37.4 Å². The van der Waals surface area contributed by atoms with Gasteiger partial charge in [0, 0.05) is 31.4 Å². The molecule has 160 valence electrons. The van der Waals surface area contributed by atoms with Crippen molar-refractivity contribution in [2.24, 2.45) is 4.99 Å². The summed E-state index contributed by atoms with van der Waals surface area (Å²) in [4.78, 5) is 13.1. The SMILES string of the molecule is CCCOc1ccc(CNC(=NC)NCc2coc(-c3ccc(C)cc3)n2)cn1.I. The van der Waals surface area contributed by atoms with Crippen LogP contribution in [0.1, 0.15) is 30.2 Å². The molecule has 0 atom stereocenters. The third-order valence-electron chi connectivity index (χ3n) is 4.22. The predicted molar refractivity (Wildman–Crippen MR) is 129 cm³/mol. The van der Waals surface area contributed by atoms with Crippen molar-refractivity contribution in [2.45, 2.75) is 33.4 Å². The van der Waals surface area contributed by atoms with E-state index in [1.807, 2.05) is 36.4 Å². The van der Waals surface area contributed by atoms with Crippen LogP contribution in [0.3, 0.4) is 0 Å². The molecular weight excluding hydrogens is 493 g/mol. The fraction of sp³-hybridized carbons (Fsp3) is 0.318. The van der Waals surface area contributed by atoms with Crippen LogP contribution in [-0.4, -0.2) is 29.6 Å². The number of nitrogens with one attached hydrogen (secondary N) is 2. The molecule has 7 nitrogen and oxygen atoms in total. The third kappa shape index (κ3) is 7.01. The number of aromatic nitrogens is 2. The summed E-state index contributed by atoms with van der Waals surface area (Å²) in [6.07, 6.45) is 4.43. The summed E-state index contributed by atoms with van der Waals surface area (Å²) in [6, 6.07) is 12.0. The predicted octanol–water partition coefficient (Wildman–Crippen LogP) is 4.32. The second kappa shape index (κ2) is 12.2. The summed E-state index contributed by atoms with van der Waals surface area (Å²) in [6.45, 7) is 5.91. The number of guanidine groups is 1. The van der Waals surface area contributed by atoms with Crippen molar-refractivity contribution in [3.63, 3.8) is 0 Å². The van der Waals surface area contributed by atoms with Gasteiger partial charge in [0.25, 0.3) is 0 Å². The highest BCUT2D eigenvalue weighted by atomic mass is 127. The van der Waals surface area contributed by atoms with Crippen LogP contribution in [0.15, 0.2) is 58.3 Å². The van der Waals surface area contributed by atoms with Crippen LogP contribution in [0.25, 0.3) is 11.5 Å². The highest BCUT2D eigenvalue weighted by molar-refractivity contribution is 14.0. The number of halogens is 1. The molecule has 0 amide bonds. The van der Waals surface area contributed by atoms with Gasteiger partial charge >= 0.3 is 0 Å². The van der Waals surface area contributed by atoms with E-state index in [4.69, 9.17) is 9.15 Å². The Morgan fingerprint density at radius 2 is 1.87 bits per heavy atom. The van der Waals surface area contributed by atoms with E-state index < -0.39 is 0 Å². The number of nitrogens with zero attached hydrogens (tertiary/aromatic N) is 3. The first kappa shape index (κ1) is 23.7. The Labute approximate surface area is 194 Å². The zero-order valence-corrected chi connectivity index (χ0v) is 19.8. The molecule has 0 aliphatic carbocycles. The maximum atomic E-state index is 5.59. The van der Waals surface area contributed by atoms with Gasteiger partial charge in [0.05, 0.1) is 18.8 Å². The van der Waals surface area contributed by atoms with E-state index in [0.717, 1.165) is 23.2 Å². The van der Waals surface area contributed by atoms with Gasteiger partial charge in [-0.1, -0.05) is 30.7 Å². The molecule has 3 aromatic rings. The summed E-state index contributed by atoms with van der Waals surface area (Å²) >= 11 is 0. The highest BCUT2D eigenvalue weighted by Gasteiger charge is 2.07. The second-order valence-electron chi connectivity index (χ2n) is 6.64.